The molecule has 0 aliphatic rings. The molecule has 1 aromatic rings. The van der Waals surface area contributed by atoms with Gasteiger partial charge in [0.15, 0.2) is 0 Å². The number of benzene rings is 1. The van der Waals surface area contributed by atoms with Crippen molar-refractivity contribution in [2.45, 2.75) is 19.9 Å². The van der Waals surface area contributed by atoms with Crippen LogP contribution in [0.4, 0.5) is 8.78 Å². The fourth-order valence-electron chi connectivity index (χ4n) is 1.68. The summed E-state index contributed by atoms with van der Waals surface area (Å²) in [7, 11) is 1.75. The summed E-state index contributed by atoms with van der Waals surface area (Å²) in [5.74, 6) is -1.46. The normalized spacial score (nSPS) is 14.1. The molecule has 0 aliphatic heterocycles. The molecule has 0 spiro atoms. The van der Waals surface area contributed by atoms with Gasteiger partial charge < -0.3 is 10.6 Å². The number of halogens is 2. The van der Waals surface area contributed by atoms with Crippen LogP contribution in [0, 0.1) is 17.6 Å². The maximum absolute atomic E-state index is 13.5. The minimum absolute atomic E-state index is 0.153. The second kappa shape index (κ2) is 6.44. The van der Waals surface area contributed by atoms with Crippen LogP contribution in [0.15, 0.2) is 18.2 Å². The van der Waals surface area contributed by atoms with Crippen LogP contribution in [0.3, 0.4) is 0 Å². The molecule has 1 aromatic carbocycles. The molecule has 2 atom stereocenters. The first kappa shape index (κ1) is 14.6. The molecule has 0 aromatic heterocycles. The van der Waals surface area contributed by atoms with E-state index in [2.05, 4.69) is 10.6 Å². The van der Waals surface area contributed by atoms with E-state index >= 15 is 0 Å². The highest BCUT2D eigenvalue weighted by molar-refractivity contribution is 5.78. The highest BCUT2D eigenvalue weighted by Gasteiger charge is 2.18. The Balaban J connectivity index is 2.73. The first-order valence-corrected chi connectivity index (χ1v) is 5.85. The summed E-state index contributed by atoms with van der Waals surface area (Å²) in [4.78, 5) is 11.7. The van der Waals surface area contributed by atoms with Gasteiger partial charge in [-0.2, -0.15) is 0 Å². The number of hydrogen-bond donors (Lipinski definition) is 2. The van der Waals surface area contributed by atoms with Crippen molar-refractivity contribution >= 4 is 5.91 Å². The summed E-state index contributed by atoms with van der Waals surface area (Å²) < 4.78 is 26.5. The van der Waals surface area contributed by atoms with Gasteiger partial charge in [-0.05, 0) is 32.2 Å². The Bertz CT molecular complexity index is 423. The van der Waals surface area contributed by atoms with Gasteiger partial charge in [0.2, 0.25) is 5.91 Å². The van der Waals surface area contributed by atoms with E-state index in [0.717, 1.165) is 18.2 Å². The first-order valence-electron chi connectivity index (χ1n) is 5.85. The van der Waals surface area contributed by atoms with Crippen molar-refractivity contribution in [2.75, 3.05) is 13.6 Å². The van der Waals surface area contributed by atoms with Crippen LogP contribution in [0.1, 0.15) is 25.5 Å². The highest BCUT2D eigenvalue weighted by atomic mass is 19.1. The number of hydrogen-bond acceptors (Lipinski definition) is 2. The molecule has 0 aliphatic carbocycles. The quantitative estimate of drug-likeness (QED) is 0.846. The van der Waals surface area contributed by atoms with Crippen LogP contribution in [0.5, 0.6) is 0 Å². The summed E-state index contributed by atoms with van der Waals surface area (Å²) in [6.07, 6.45) is 0. The molecular formula is C13H18F2N2O. The Labute approximate surface area is 106 Å². The standard InChI is InChI=1S/C13H18F2N2O/c1-8(7-16-3)13(18)17-9(2)11-6-10(14)4-5-12(11)15/h4-6,8-9,16H,7H2,1-3H3,(H,17,18). The third-order valence-corrected chi connectivity index (χ3v) is 2.74. The lowest BCUT2D eigenvalue weighted by Gasteiger charge is -2.18. The van der Waals surface area contributed by atoms with Gasteiger partial charge in [-0.1, -0.05) is 6.92 Å². The first-order chi connectivity index (χ1) is 8.45. The molecule has 0 saturated carbocycles. The number of rotatable bonds is 5. The third-order valence-electron chi connectivity index (χ3n) is 2.74. The molecule has 0 fully saturated rings. The second-order valence-electron chi connectivity index (χ2n) is 4.35. The maximum Gasteiger partial charge on any atom is 0.224 e. The van der Waals surface area contributed by atoms with Crippen molar-refractivity contribution in [1.29, 1.82) is 0 Å². The van der Waals surface area contributed by atoms with Gasteiger partial charge >= 0.3 is 0 Å². The molecule has 2 N–H and O–H groups in total. The molecule has 0 bridgehead atoms. The largest absolute Gasteiger partial charge is 0.349 e. The summed E-state index contributed by atoms with van der Waals surface area (Å²) in [5.41, 5.74) is 0.153. The summed E-state index contributed by atoms with van der Waals surface area (Å²) in [5, 5.41) is 5.55. The molecular weight excluding hydrogens is 238 g/mol. The highest BCUT2D eigenvalue weighted by Crippen LogP contribution is 2.18. The van der Waals surface area contributed by atoms with E-state index in [9.17, 15) is 13.6 Å². The van der Waals surface area contributed by atoms with E-state index in [-0.39, 0.29) is 17.4 Å². The van der Waals surface area contributed by atoms with Crippen molar-refractivity contribution in [1.82, 2.24) is 10.6 Å². The molecule has 2 unspecified atom stereocenters. The van der Waals surface area contributed by atoms with E-state index in [1.54, 1.807) is 20.9 Å². The fraction of sp³-hybridized carbons (Fsp3) is 0.462. The lowest BCUT2D eigenvalue weighted by Crippen LogP contribution is -2.36. The van der Waals surface area contributed by atoms with E-state index in [1.807, 2.05) is 0 Å². The molecule has 100 valence electrons. The van der Waals surface area contributed by atoms with Gasteiger partial charge in [0.1, 0.15) is 11.6 Å². The number of carbonyl (C=O) groups is 1. The minimum Gasteiger partial charge on any atom is -0.349 e. The van der Waals surface area contributed by atoms with Gasteiger partial charge in [0, 0.05) is 18.0 Å². The predicted octanol–water partition coefficient (Wildman–Crippen LogP) is 2.00. The van der Waals surface area contributed by atoms with Gasteiger partial charge in [0.25, 0.3) is 0 Å². The lowest BCUT2D eigenvalue weighted by atomic mass is 10.1. The van der Waals surface area contributed by atoms with Crippen LogP contribution < -0.4 is 10.6 Å². The van der Waals surface area contributed by atoms with Crippen LogP contribution in [-0.4, -0.2) is 19.5 Å². The molecule has 1 rings (SSSR count). The number of nitrogens with one attached hydrogen (secondary N) is 2. The molecule has 0 radical (unpaired) electrons. The topological polar surface area (TPSA) is 41.1 Å². The van der Waals surface area contributed by atoms with Crippen LogP contribution in [0.25, 0.3) is 0 Å². The van der Waals surface area contributed by atoms with Crippen molar-refractivity contribution in [3.8, 4) is 0 Å². The fourth-order valence-corrected chi connectivity index (χ4v) is 1.68. The molecule has 3 nitrogen and oxygen atoms in total. The summed E-state index contributed by atoms with van der Waals surface area (Å²) in [6, 6.07) is 2.65. The SMILES string of the molecule is CNCC(C)C(=O)NC(C)c1cc(F)ccc1F. The number of carbonyl (C=O) groups excluding carboxylic acids is 1. The zero-order chi connectivity index (χ0) is 13.7. The van der Waals surface area contributed by atoms with E-state index in [4.69, 9.17) is 0 Å². The van der Waals surface area contributed by atoms with Crippen LogP contribution in [-0.2, 0) is 4.79 Å². The van der Waals surface area contributed by atoms with E-state index in [0.29, 0.717) is 6.54 Å². The molecule has 1 amide bonds. The van der Waals surface area contributed by atoms with Gasteiger partial charge in [-0.25, -0.2) is 8.78 Å². The van der Waals surface area contributed by atoms with E-state index in [1.165, 1.54) is 0 Å². The van der Waals surface area contributed by atoms with Crippen LogP contribution in [0.2, 0.25) is 0 Å². The average Bonchev–Trinajstić information content (AvgIpc) is 2.32. The molecule has 5 heteroatoms. The smallest absolute Gasteiger partial charge is 0.224 e. The zero-order valence-electron chi connectivity index (χ0n) is 10.8. The molecule has 0 saturated heterocycles. The maximum atomic E-state index is 13.5. The Kier molecular flexibility index (Phi) is 5.22. The zero-order valence-corrected chi connectivity index (χ0v) is 10.8. The Morgan fingerprint density at radius 2 is 2.00 bits per heavy atom. The number of amides is 1. The molecule has 18 heavy (non-hydrogen) atoms. The Hall–Kier alpha value is -1.49. The van der Waals surface area contributed by atoms with Crippen molar-refractivity contribution < 1.29 is 13.6 Å². The van der Waals surface area contributed by atoms with E-state index < -0.39 is 17.7 Å². The summed E-state index contributed by atoms with van der Waals surface area (Å²) in [6.45, 7) is 3.92. The van der Waals surface area contributed by atoms with Gasteiger partial charge in [-0.3, -0.25) is 4.79 Å². The summed E-state index contributed by atoms with van der Waals surface area (Å²) >= 11 is 0. The predicted molar refractivity (Wildman–Crippen MR) is 66.0 cm³/mol. The van der Waals surface area contributed by atoms with Gasteiger partial charge in [0.05, 0.1) is 6.04 Å². The van der Waals surface area contributed by atoms with Crippen LogP contribution >= 0.6 is 0 Å². The van der Waals surface area contributed by atoms with Crippen molar-refractivity contribution in [2.24, 2.45) is 5.92 Å². The molecule has 0 heterocycles. The lowest BCUT2D eigenvalue weighted by molar-refractivity contribution is -0.125. The second-order valence-corrected chi connectivity index (χ2v) is 4.35. The third kappa shape index (κ3) is 3.77. The van der Waals surface area contributed by atoms with Crippen molar-refractivity contribution in [3.63, 3.8) is 0 Å². The van der Waals surface area contributed by atoms with Crippen molar-refractivity contribution in [3.05, 3.63) is 35.4 Å². The monoisotopic (exact) mass is 256 g/mol. The van der Waals surface area contributed by atoms with Gasteiger partial charge in [-0.15, -0.1) is 0 Å². The Morgan fingerprint density at radius 3 is 2.61 bits per heavy atom. The average molecular weight is 256 g/mol. The minimum atomic E-state index is -0.562. The Morgan fingerprint density at radius 1 is 1.33 bits per heavy atom.